The Kier molecular flexibility index (Phi) is 8.77. The smallest absolute Gasteiger partial charge is 0.272 e. The fourth-order valence-electron chi connectivity index (χ4n) is 3.68. The molecule has 0 radical (unpaired) electrons. The van der Waals surface area contributed by atoms with E-state index in [1.54, 1.807) is 18.5 Å². The minimum Gasteiger partial charge on any atom is -0.399 e. The van der Waals surface area contributed by atoms with Gasteiger partial charge in [-0.05, 0) is 56.9 Å². The number of carbonyl (C=O) groups excluding carboxylic acids is 2. The number of nitrogens with two attached hydrogens (primary N) is 2. The quantitative estimate of drug-likeness (QED) is 0.189. The molecule has 0 bridgehead atoms. The van der Waals surface area contributed by atoms with Gasteiger partial charge in [0, 0.05) is 30.7 Å². The topological polar surface area (TPSA) is 139 Å². The number of hydrogen-bond acceptors (Lipinski definition) is 6. The lowest BCUT2D eigenvalue weighted by atomic mass is 9.89. The molecule has 0 aliphatic carbocycles. The molecule has 11 heteroatoms. The predicted octanol–water partition coefficient (Wildman–Crippen LogP) is 1.58. The molecule has 2 amide bonds. The lowest BCUT2D eigenvalue weighted by molar-refractivity contribution is -0.110. The van der Waals surface area contributed by atoms with Crippen LogP contribution in [-0.2, 0) is 18.3 Å². The van der Waals surface area contributed by atoms with Gasteiger partial charge in [0.2, 0.25) is 6.41 Å². The van der Waals surface area contributed by atoms with Gasteiger partial charge in [-0.1, -0.05) is 0 Å². The van der Waals surface area contributed by atoms with Crippen LogP contribution in [0, 0.1) is 25.5 Å². The zero-order valence-electron chi connectivity index (χ0n) is 19.8. The van der Waals surface area contributed by atoms with Crippen LogP contribution in [0.1, 0.15) is 40.7 Å². The van der Waals surface area contributed by atoms with Gasteiger partial charge < -0.3 is 31.0 Å². The zero-order chi connectivity index (χ0) is 25.6. The highest BCUT2D eigenvalue weighted by Crippen LogP contribution is 2.27. The first-order chi connectivity index (χ1) is 15.9. The SMILES string of the molecule is Cc1c(CCC(C)(NC=O)/C(N)=C/N(N)CCO)c(C(=O)Nc2ccc(F)c(F)c2)n(C)c1C. The third kappa shape index (κ3) is 5.91. The first-order valence-corrected chi connectivity index (χ1v) is 10.7. The van der Waals surface area contributed by atoms with E-state index < -0.39 is 23.1 Å². The van der Waals surface area contributed by atoms with E-state index in [1.165, 1.54) is 17.3 Å². The molecule has 1 aromatic carbocycles. The predicted molar refractivity (Wildman–Crippen MR) is 125 cm³/mol. The molecule has 0 saturated heterocycles. The van der Waals surface area contributed by atoms with Crippen molar-refractivity contribution in [2.45, 2.75) is 39.2 Å². The van der Waals surface area contributed by atoms with E-state index in [0.717, 1.165) is 29.0 Å². The molecule has 1 atom stereocenters. The number of benzene rings is 1. The van der Waals surface area contributed by atoms with Gasteiger partial charge in [-0.15, -0.1) is 0 Å². The molecule has 9 nitrogen and oxygen atoms in total. The summed E-state index contributed by atoms with van der Waals surface area (Å²) in [5.74, 6) is 3.23. The number of aliphatic hydroxyl groups excluding tert-OH is 1. The molecular formula is C23H32F2N6O3. The van der Waals surface area contributed by atoms with Crippen molar-refractivity contribution >= 4 is 18.0 Å². The van der Waals surface area contributed by atoms with Crippen molar-refractivity contribution < 1.29 is 23.5 Å². The van der Waals surface area contributed by atoms with E-state index in [0.29, 0.717) is 24.9 Å². The summed E-state index contributed by atoms with van der Waals surface area (Å²) in [6.07, 6.45) is 2.67. The van der Waals surface area contributed by atoms with Gasteiger partial charge >= 0.3 is 0 Å². The molecule has 0 saturated carbocycles. The number of nitrogens with zero attached hydrogens (tertiary/aromatic N) is 2. The number of aliphatic hydroxyl groups is 1. The maximum absolute atomic E-state index is 13.6. The van der Waals surface area contributed by atoms with Crippen molar-refractivity contribution in [3.05, 3.63) is 64.2 Å². The number of nitrogens with one attached hydrogen (secondary N) is 2. The van der Waals surface area contributed by atoms with Crippen LogP contribution in [0.3, 0.4) is 0 Å². The Hall–Kier alpha value is -3.44. The molecule has 0 fully saturated rings. The maximum Gasteiger partial charge on any atom is 0.272 e. The molecule has 7 N–H and O–H groups in total. The van der Waals surface area contributed by atoms with Crippen molar-refractivity contribution in [1.29, 1.82) is 0 Å². The summed E-state index contributed by atoms with van der Waals surface area (Å²) in [5.41, 5.74) is 8.45. The lowest BCUT2D eigenvalue weighted by Gasteiger charge is -2.31. The standard InChI is InChI=1S/C23H32F2N6O3/c1-14-15(2)30(4)21(22(34)29-16-5-6-18(24)19(25)11-16)17(14)7-8-23(3,28-13-33)20(26)12-31(27)9-10-32/h5-6,11-13,32H,7-10,26-27H2,1-4H3,(H,28,33)(H,29,34)/b20-12-. The number of hydrogen-bond donors (Lipinski definition) is 5. The van der Waals surface area contributed by atoms with E-state index in [2.05, 4.69) is 10.6 Å². The van der Waals surface area contributed by atoms with Crippen LogP contribution in [0.15, 0.2) is 30.1 Å². The summed E-state index contributed by atoms with van der Waals surface area (Å²) in [4.78, 5) is 24.4. The zero-order valence-corrected chi connectivity index (χ0v) is 19.8. The van der Waals surface area contributed by atoms with Crippen molar-refractivity contribution in [3.63, 3.8) is 0 Å². The lowest BCUT2D eigenvalue weighted by Crippen LogP contribution is -2.48. The molecule has 1 unspecified atom stereocenters. The number of amides is 2. The van der Waals surface area contributed by atoms with Crippen molar-refractivity contribution in [1.82, 2.24) is 14.9 Å². The van der Waals surface area contributed by atoms with Crippen LogP contribution in [-0.4, -0.2) is 45.7 Å². The molecule has 0 aliphatic rings. The third-order valence-electron chi connectivity index (χ3n) is 6.07. The number of rotatable bonds is 11. The summed E-state index contributed by atoms with van der Waals surface area (Å²) in [6.45, 7) is 5.46. The Morgan fingerprint density at radius 3 is 2.56 bits per heavy atom. The van der Waals surface area contributed by atoms with E-state index in [9.17, 15) is 18.4 Å². The second-order valence-corrected chi connectivity index (χ2v) is 8.32. The van der Waals surface area contributed by atoms with Crippen LogP contribution in [0.2, 0.25) is 0 Å². The number of hydrazine groups is 1. The van der Waals surface area contributed by atoms with Gasteiger partial charge in [-0.25, -0.2) is 14.6 Å². The number of carbonyl (C=O) groups is 2. The molecule has 0 aliphatic heterocycles. The van der Waals surface area contributed by atoms with Crippen LogP contribution in [0.25, 0.3) is 0 Å². The number of halogens is 2. The normalized spacial score (nSPS) is 13.4. The fraction of sp³-hybridized carbons (Fsp3) is 0.391. The number of aromatic nitrogens is 1. The highest BCUT2D eigenvalue weighted by molar-refractivity contribution is 6.04. The second-order valence-electron chi connectivity index (χ2n) is 8.32. The second kappa shape index (κ2) is 11.1. The third-order valence-corrected chi connectivity index (χ3v) is 6.07. The average molecular weight is 479 g/mol. The van der Waals surface area contributed by atoms with E-state index in [-0.39, 0.29) is 24.5 Å². The fourth-order valence-corrected chi connectivity index (χ4v) is 3.68. The Morgan fingerprint density at radius 1 is 1.29 bits per heavy atom. The first kappa shape index (κ1) is 26.8. The summed E-state index contributed by atoms with van der Waals surface area (Å²) in [6, 6.07) is 3.13. The molecule has 0 spiro atoms. The minimum absolute atomic E-state index is 0.123. The summed E-state index contributed by atoms with van der Waals surface area (Å²) in [5, 5.41) is 15.6. The highest BCUT2D eigenvalue weighted by atomic mass is 19.2. The molecule has 2 rings (SSSR count). The van der Waals surface area contributed by atoms with Crippen LogP contribution in [0.4, 0.5) is 14.5 Å². The van der Waals surface area contributed by atoms with Gasteiger partial charge in [0.15, 0.2) is 11.6 Å². The van der Waals surface area contributed by atoms with Crippen molar-refractivity contribution in [2.75, 3.05) is 18.5 Å². The Bertz CT molecular complexity index is 1090. The highest BCUT2D eigenvalue weighted by Gasteiger charge is 2.30. The van der Waals surface area contributed by atoms with Crippen molar-refractivity contribution in [2.24, 2.45) is 18.6 Å². The number of anilines is 1. The Morgan fingerprint density at radius 2 is 1.97 bits per heavy atom. The molecule has 186 valence electrons. The van der Waals surface area contributed by atoms with Gasteiger partial charge in [-0.3, -0.25) is 9.59 Å². The first-order valence-electron chi connectivity index (χ1n) is 10.7. The van der Waals surface area contributed by atoms with Crippen LogP contribution < -0.4 is 22.2 Å². The largest absolute Gasteiger partial charge is 0.399 e. The Labute approximate surface area is 197 Å². The minimum atomic E-state index is -1.06. The molecule has 34 heavy (non-hydrogen) atoms. The van der Waals surface area contributed by atoms with Crippen LogP contribution >= 0.6 is 0 Å². The summed E-state index contributed by atoms with van der Waals surface area (Å²) >= 11 is 0. The molecule has 1 aromatic heterocycles. The van der Waals surface area contributed by atoms with Gasteiger partial charge in [0.1, 0.15) is 5.69 Å². The van der Waals surface area contributed by atoms with E-state index >= 15 is 0 Å². The van der Waals surface area contributed by atoms with E-state index in [4.69, 9.17) is 16.7 Å². The van der Waals surface area contributed by atoms with Gasteiger partial charge in [0.25, 0.3) is 5.91 Å². The van der Waals surface area contributed by atoms with Crippen molar-refractivity contribution in [3.8, 4) is 0 Å². The average Bonchev–Trinajstić information content (AvgIpc) is 2.98. The van der Waals surface area contributed by atoms with Gasteiger partial charge in [0.05, 0.1) is 24.4 Å². The van der Waals surface area contributed by atoms with E-state index in [1.807, 2.05) is 13.8 Å². The Balaban J connectivity index is 2.36. The van der Waals surface area contributed by atoms with Gasteiger partial charge in [-0.2, -0.15) is 0 Å². The maximum atomic E-state index is 13.6. The molecular weight excluding hydrogens is 446 g/mol. The molecule has 2 aromatic rings. The summed E-state index contributed by atoms with van der Waals surface area (Å²) < 4.78 is 28.6. The monoisotopic (exact) mass is 478 g/mol. The van der Waals surface area contributed by atoms with Crippen LogP contribution in [0.5, 0.6) is 0 Å². The molecule has 1 heterocycles. The summed E-state index contributed by atoms with van der Waals surface area (Å²) in [7, 11) is 1.74.